The van der Waals surface area contributed by atoms with Crippen molar-refractivity contribution in [1.82, 2.24) is 0 Å². The van der Waals surface area contributed by atoms with Gasteiger partial charge in [0.25, 0.3) is 0 Å². The van der Waals surface area contributed by atoms with Crippen molar-refractivity contribution < 1.29 is 29.3 Å². The molecule has 4 rings (SSSR count). The van der Waals surface area contributed by atoms with Gasteiger partial charge in [-0.05, 0) is 103 Å². The Kier molecular flexibility index (Phi) is 13.9. The highest BCUT2D eigenvalue weighted by Gasteiger charge is 2.33. The van der Waals surface area contributed by atoms with Crippen molar-refractivity contribution in [2.45, 2.75) is 77.6 Å². The van der Waals surface area contributed by atoms with E-state index in [1.165, 1.54) is 53.5 Å². The lowest BCUT2D eigenvalue weighted by molar-refractivity contribution is -0.146. The molecule has 0 amide bonds. The van der Waals surface area contributed by atoms with Gasteiger partial charge in [-0.2, -0.15) is 0 Å². The number of hydrogen-bond donors (Lipinski definition) is 2. The topological polar surface area (TPSA) is 93.1 Å². The van der Waals surface area contributed by atoms with Crippen molar-refractivity contribution in [1.29, 1.82) is 0 Å². The standard InChI is InChI=1S/C40H52O6/c1-4-5-6-7-30-8-10-31(11-9-30)32-12-14-33(15-13-32)34-16-18-35(19-17-34)36-20-22-37(23-21-36)38(26-45-39(43)28(2)24-41)27-46-40(44)29(3)25-42/h8-16,35-38,41-42H,2-7,17-27H2,1H3. The van der Waals surface area contributed by atoms with Crippen LogP contribution in [0, 0.1) is 23.7 Å². The molecule has 0 aliphatic heterocycles. The van der Waals surface area contributed by atoms with Gasteiger partial charge in [-0.1, -0.05) is 87.5 Å². The van der Waals surface area contributed by atoms with E-state index in [2.05, 4.69) is 74.7 Å². The number of carbonyl (C=O) groups excluding carboxylic acids is 2. The van der Waals surface area contributed by atoms with Gasteiger partial charge in [-0.15, -0.1) is 0 Å². The summed E-state index contributed by atoms with van der Waals surface area (Å²) < 4.78 is 10.8. The lowest BCUT2D eigenvalue weighted by atomic mass is 9.69. The summed E-state index contributed by atoms with van der Waals surface area (Å²) in [5.41, 5.74) is 6.70. The number of aliphatic hydroxyl groups excluding tert-OH is 2. The Morgan fingerprint density at radius 2 is 1.30 bits per heavy atom. The SMILES string of the molecule is C=C(CO)C(=O)OCC(COC(=O)C(=C)CO)C1CCC(C2CC=C(c3ccc(-c4ccc(CCCCC)cc4)cc3)CC2)CC1. The van der Waals surface area contributed by atoms with E-state index in [1.807, 2.05) is 0 Å². The Hall–Kier alpha value is -3.48. The van der Waals surface area contributed by atoms with E-state index in [0.717, 1.165) is 44.9 Å². The lowest BCUT2D eigenvalue weighted by Crippen LogP contribution is -2.32. The fourth-order valence-corrected chi connectivity index (χ4v) is 6.97. The number of hydrogen-bond acceptors (Lipinski definition) is 6. The Morgan fingerprint density at radius 1 is 0.761 bits per heavy atom. The van der Waals surface area contributed by atoms with Crippen LogP contribution in [0.3, 0.4) is 0 Å². The summed E-state index contributed by atoms with van der Waals surface area (Å²) in [6, 6.07) is 18.1. The first kappa shape index (κ1) is 35.4. The average molecular weight is 629 g/mol. The highest BCUT2D eigenvalue weighted by Crippen LogP contribution is 2.43. The van der Waals surface area contributed by atoms with Crippen LogP contribution in [0.2, 0.25) is 0 Å². The minimum Gasteiger partial charge on any atom is -0.462 e. The molecule has 0 bridgehead atoms. The molecule has 0 radical (unpaired) electrons. The molecule has 2 N–H and O–H groups in total. The van der Waals surface area contributed by atoms with E-state index in [1.54, 1.807) is 0 Å². The summed E-state index contributed by atoms with van der Waals surface area (Å²) in [4.78, 5) is 24.3. The molecule has 1 fully saturated rings. The van der Waals surface area contributed by atoms with Crippen LogP contribution >= 0.6 is 0 Å². The zero-order chi connectivity index (χ0) is 32.9. The van der Waals surface area contributed by atoms with E-state index in [9.17, 15) is 19.8 Å². The molecule has 0 saturated heterocycles. The third-order valence-corrected chi connectivity index (χ3v) is 10.0. The second-order valence-corrected chi connectivity index (χ2v) is 13.2. The molecule has 1 unspecified atom stereocenters. The monoisotopic (exact) mass is 628 g/mol. The number of esters is 2. The lowest BCUT2D eigenvalue weighted by Gasteiger charge is -2.38. The summed E-state index contributed by atoms with van der Waals surface area (Å²) in [6.07, 6.45) is 14.9. The highest BCUT2D eigenvalue weighted by molar-refractivity contribution is 5.88. The maximum absolute atomic E-state index is 12.1. The molecule has 6 heteroatoms. The maximum Gasteiger partial charge on any atom is 0.335 e. The fourth-order valence-electron chi connectivity index (χ4n) is 6.97. The smallest absolute Gasteiger partial charge is 0.335 e. The molecular weight excluding hydrogens is 576 g/mol. The summed E-state index contributed by atoms with van der Waals surface area (Å²) in [5.74, 6) is 0.103. The number of unbranched alkanes of at least 4 members (excludes halogenated alkanes) is 2. The first-order chi connectivity index (χ1) is 22.3. The normalized spacial score (nSPS) is 19.7. The average Bonchev–Trinajstić information content (AvgIpc) is 3.11. The predicted molar refractivity (Wildman–Crippen MR) is 184 cm³/mol. The molecule has 1 atom stereocenters. The van der Waals surface area contributed by atoms with Crippen LogP contribution in [-0.2, 0) is 25.5 Å². The van der Waals surface area contributed by atoms with Crippen molar-refractivity contribution in [2.24, 2.45) is 23.7 Å². The minimum atomic E-state index is -0.640. The van der Waals surface area contributed by atoms with Crippen molar-refractivity contribution in [3.63, 3.8) is 0 Å². The van der Waals surface area contributed by atoms with Crippen LogP contribution in [0.25, 0.3) is 16.7 Å². The number of carbonyl (C=O) groups is 2. The second kappa shape index (κ2) is 18.0. The molecule has 0 heterocycles. The van der Waals surface area contributed by atoms with Gasteiger partial charge >= 0.3 is 11.9 Å². The quantitative estimate of drug-likeness (QED) is 0.112. The molecule has 46 heavy (non-hydrogen) atoms. The zero-order valence-electron chi connectivity index (χ0n) is 27.6. The molecule has 6 nitrogen and oxygen atoms in total. The van der Waals surface area contributed by atoms with E-state index in [-0.39, 0.29) is 36.2 Å². The van der Waals surface area contributed by atoms with Crippen LogP contribution < -0.4 is 0 Å². The van der Waals surface area contributed by atoms with E-state index in [0.29, 0.717) is 11.8 Å². The second-order valence-electron chi connectivity index (χ2n) is 13.2. The summed E-state index contributed by atoms with van der Waals surface area (Å²) >= 11 is 0. The summed E-state index contributed by atoms with van der Waals surface area (Å²) in [5, 5.41) is 18.4. The van der Waals surface area contributed by atoms with Gasteiger partial charge in [0.15, 0.2) is 0 Å². The molecule has 0 spiro atoms. The predicted octanol–water partition coefficient (Wildman–Crippen LogP) is 7.88. The van der Waals surface area contributed by atoms with E-state index < -0.39 is 25.2 Å². The minimum absolute atomic E-state index is 0.00318. The Morgan fingerprint density at radius 3 is 1.80 bits per heavy atom. The van der Waals surface area contributed by atoms with Gasteiger partial charge < -0.3 is 19.7 Å². The first-order valence-electron chi connectivity index (χ1n) is 17.1. The maximum atomic E-state index is 12.1. The van der Waals surface area contributed by atoms with Gasteiger partial charge in [-0.25, -0.2) is 9.59 Å². The van der Waals surface area contributed by atoms with Gasteiger partial charge in [0, 0.05) is 5.92 Å². The highest BCUT2D eigenvalue weighted by atomic mass is 16.5. The summed E-state index contributed by atoms with van der Waals surface area (Å²) in [6.45, 7) is 8.56. The van der Waals surface area contributed by atoms with Crippen molar-refractivity contribution in [3.05, 3.63) is 90.0 Å². The van der Waals surface area contributed by atoms with E-state index in [4.69, 9.17) is 9.47 Å². The Bertz CT molecular complexity index is 1300. The summed E-state index contributed by atoms with van der Waals surface area (Å²) in [7, 11) is 0. The van der Waals surface area contributed by atoms with Gasteiger partial charge in [-0.3, -0.25) is 0 Å². The third kappa shape index (κ3) is 10.0. The van der Waals surface area contributed by atoms with Crippen LogP contribution in [0.1, 0.15) is 82.3 Å². The third-order valence-electron chi connectivity index (χ3n) is 10.0. The van der Waals surface area contributed by atoms with Gasteiger partial charge in [0.2, 0.25) is 0 Å². The van der Waals surface area contributed by atoms with Crippen molar-refractivity contribution in [2.75, 3.05) is 26.4 Å². The first-order valence-corrected chi connectivity index (χ1v) is 17.1. The molecule has 0 aromatic heterocycles. The zero-order valence-corrected chi connectivity index (χ0v) is 27.6. The number of allylic oxidation sites excluding steroid dienone is 2. The molecule has 2 aliphatic rings. The molecule has 1 saturated carbocycles. The van der Waals surface area contributed by atoms with Crippen molar-refractivity contribution >= 4 is 17.5 Å². The van der Waals surface area contributed by atoms with E-state index >= 15 is 0 Å². The number of aliphatic hydroxyl groups is 2. The largest absolute Gasteiger partial charge is 0.462 e. The molecule has 2 aromatic rings. The molecular formula is C40H52O6. The van der Waals surface area contributed by atoms with Crippen LogP contribution in [0.15, 0.2) is 78.9 Å². The van der Waals surface area contributed by atoms with Crippen LogP contribution in [0.4, 0.5) is 0 Å². The fraction of sp³-hybridized carbons (Fsp3) is 0.500. The number of ether oxygens (including phenoxy) is 2. The van der Waals surface area contributed by atoms with Gasteiger partial charge in [0.1, 0.15) is 0 Å². The van der Waals surface area contributed by atoms with Crippen molar-refractivity contribution in [3.8, 4) is 11.1 Å². The van der Waals surface area contributed by atoms with Crippen LogP contribution in [-0.4, -0.2) is 48.6 Å². The Balaban J connectivity index is 1.28. The molecule has 248 valence electrons. The Labute approximate surface area is 275 Å². The number of rotatable bonds is 16. The van der Waals surface area contributed by atoms with Gasteiger partial charge in [0.05, 0.1) is 37.6 Å². The number of benzene rings is 2. The number of aryl methyl sites for hydroxylation is 1. The molecule has 2 aliphatic carbocycles. The van der Waals surface area contributed by atoms with Crippen LogP contribution in [0.5, 0.6) is 0 Å². The molecule has 2 aromatic carbocycles.